The smallest absolute Gasteiger partial charge is 0.269 e. The number of nitrogens with zero attached hydrogens (tertiary/aromatic N) is 5. The molecule has 3 aliphatic rings. The number of rotatable bonds is 6. The molecule has 2 atom stereocenters. The Labute approximate surface area is 210 Å². The van der Waals surface area contributed by atoms with Crippen molar-refractivity contribution in [1.29, 1.82) is 5.26 Å². The minimum atomic E-state index is -0.388. The first kappa shape index (κ1) is 24.0. The fourth-order valence-electron chi connectivity index (χ4n) is 5.58. The molecule has 188 valence electrons. The van der Waals surface area contributed by atoms with Crippen molar-refractivity contribution < 1.29 is 14.5 Å². The number of para-hydroxylation sites is 1. The second kappa shape index (κ2) is 10.5. The van der Waals surface area contributed by atoms with Gasteiger partial charge in [-0.05, 0) is 30.2 Å². The summed E-state index contributed by atoms with van der Waals surface area (Å²) >= 11 is 0. The number of ether oxygens (including phenoxy) is 1. The first-order chi connectivity index (χ1) is 17.5. The van der Waals surface area contributed by atoms with E-state index in [1.54, 1.807) is 6.07 Å². The highest BCUT2D eigenvalue weighted by molar-refractivity contribution is 5.82. The third-order valence-corrected chi connectivity index (χ3v) is 7.44. The molecule has 2 fully saturated rings. The minimum Gasteiger partial charge on any atom is -0.379 e. The van der Waals surface area contributed by atoms with Gasteiger partial charge in [-0.3, -0.25) is 19.8 Å². The molecule has 2 saturated heterocycles. The Morgan fingerprint density at radius 2 is 1.94 bits per heavy atom. The van der Waals surface area contributed by atoms with E-state index in [9.17, 15) is 20.2 Å². The number of carbonyl (C=O) groups excluding carboxylic acids is 1. The number of hydrogen-bond donors (Lipinski definition) is 1. The van der Waals surface area contributed by atoms with Crippen LogP contribution in [0.25, 0.3) is 0 Å². The number of carbonyl (C=O) groups is 1. The van der Waals surface area contributed by atoms with Gasteiger partial charge in [-0.1, -0.05) is 12.1 Å². The predicted molar refractivity (Wildman–Crippen MR) is 135 cm³/mol. The number of anilines is 2. The number of nitro groups is 1. The summed E-state index contributed by atoms with van der Waals surface area (Å²) in [5.41, 5.74) is 3.32. The Kier molecular flexibility index (Phi) is 7.02. The molecule has 5 rings (SSSR count). The third-order valence-electron chi connectivity index (χ3n) is 7.44. The van der Waals surface area contributed by atoms with Crippen LogP contribution < -0.4 is 15.1 Å². The van der Waals surface area contributed by atoms with E-state index in [0.29, 0.717) is 51.4 Å². The number of non-ortho nitro benzene ring substituents is 1. The van der Waals surface area contributed by atoms with Crippen LogP contribution in [0.3, 0.4) is 0 Å². The van der Waals surface area contributed by atoms with Crippen LogP contribution in [0, 0.1) is 27.4 Å². The van der Waals surface area contributed by atoms with E-state index in [2.05, 4.69) is 26.1 Å². The van der Waals surface area contributed by atoms with Gasteiger partial charge in [0.2, 0.25) is 5.91 Å². The van der Waals surface area contributed by atoms with E-state index < -0.39 is 0 Å². The van der Waals surface area contributed by atoms with Gasteiger partial charge in [-0.2, -0.15) is 5.26 Å². The highest BCUT2D eigenvalue weighted by Crippen LogP contribution is 2.39. The van der Waals surface area contributed by atoms with Crippen LogP contribution in [-0.2, 0) is 16.0 Å². The number of piperazine rings is 1. The van der Waals surface area contributed by atoms with Gasteiger partial charge >= 0.3 is 0 Å². The van der Waals surface area contributed by atoms with Crippen LogP contribution in [0.4, 0.5) is 17.1 Å². The molecule has 0 bridgehead atoms. The zero-order valence-corrected chi connectivity index (χ0v) is 20.1. The monoisotopic (exact) mass is 490 g/mol. The fraction of sp³-hybridized carbons (Fsp3) is 0.462. The van der Waals surface area contributed by atoms with Crippen LogP contribution in [0.15, 0.2) is 42.5 Å². The van der Waals surface area contributed by atoms with Crippen LogP contribution >= 0.6 is 0 Å². The van der Waals surface area contributed by atoms with Gasteiger partial charge in [0.1, 0.15) is 6.07 Å². The summed E-state index contributed by atoms with van der Waals surface area (Å²) < 4.78 is 5.40. The molecule has 36 heavy (non-hydrogen) atoms. The maximum Gasteiger partial charge on any atom is 0.269 e. The molecular weight excluding hydrogens is 460 g/mol. The van der Waals surface area contributed by atoms with Gasteiger partial charge in [0.15, 0.2) is 0 Å². The Hall–Kier alpha value is -3.68. The van der Waals surface area contributed by atoms with Crippen LogP contribution in [0.5, 0.6) is 0 Å². The summed E-state index contributed by atoms with van der Waals surface area (Å²) in [7, 11) is 0. The Bertz CT molecular complexity index is 1180. The normalized spacial score (nSPS) is 21.8. The lowest BCUT2D eigenvalue weighted by Gasteiger charge is -2.49. The van der Waals surface area contributed by atoms with Crippen LogP contribution in [-0.4, -0.2) is 80.8 Å². The van der Waals surface area contributed by atoms with Gasteiger partial charge in [0.25, 0.3) is 5.69 Å². The number of nitrogens with one attached hydrogen (secondary N) is 1. The van der Waals surface area contributed by atoms with Gasteiger partial charge in [-0.15, -0.1) is 0 Å². The number of morpholine rings is 1. The zero-order chi connectivity index (χ0) is 25.1. The van der Waals surface area contributed by atoms with E-state index in [4.69, 9.17) is 4.74 Å². The number of amides is 1. The highest BCUT2D eigenvalue weighted by Gasteiger charge is 2.42. The molecule has 0 aromatic heterocycles. The summed E-state index contributed by atoms with van der Waals surface area (Å²) in [6, 6.07) is 14.7. The van der Waals surface area contributed by atoms with Crippen molar-refractivity contribution in [2.45, 2.75) is 12.5 Å². The molecule has 3 heterocycles. The quantitative estimate of drug-likeness (QED) is 0.481. The maximum atomic E-state index is 13.5. The standard InChI is InChI=1S/C26H30N6O4/c27-17-19-3-1-2-4-23(19)30-9-10-31-24-6-5-21(32(34)35)15-20(24)16-22(25(31)18-30)26(33)28-7-8-29-11-13-36-14-12-29/h1-6,15,22,25H,7-14,16,18H2,(H,28,33)/t22-,25+/m1/s1. The number of hydrogen-bond acceptors (Lipinski definition) is 8. The van der Waals surface area contributed by atoms with E-state index in [-0.39, 0.29) is 28.5 Å². The van der Waals surface area contributed by atoms with Crippen LogP contribution in [0.2, 0.25) is 0 Å². The van der Waals surface area contributed by atoms with Crippen molar-refractivity contribution in [3.8, 4) is 6.07 Å². The molecule has 0 aliphatic carbocycles. The average molecular weight is 491 g/mol. The van der Waals surface area contributed by atoms with E-state index >= 15 is 0 Å². The van der Waals surface area contributed by atoms with Gasteiger partial charge in [0.05, 0.1) is 41.3 Å². The predicted octanol–water partition coefficient (Wildman–Crippen LogP) is 1.78. The summed E-state index contributed by atoms with van der Waals surface area (Å²) in [6.45, 7) is 6.40. The zero-order valence-electron chi connectivity index (χ0n) is 20.1. The van der Waals surface area contributed by atoms with Crippen molar-refractivity contribution in [3.63, 3.8) is 0 Å². The van der Waals surface area contributed by atoms with Gasteiger partial charge < -0.3 is 19.9 Å². The van der Waals surface area contributed by atoms with Gasteiger partial charge in [0, 0.05) is 63.6 Å². The Morgan fingerprint density at radius 1 is 1.14 bits per heavy atom. The second-order valence-corrected chi connectivity index (χ2v) is 9.46. The molecule has 10 heteroatoms. The Balaban J connectivity index is 1.38. The summed E-state index contributed by atoms with van der Waals surface area (Å²) in [4.78, 5) is 31.2. The number of nitriles is 1. The summed E-state index contributed by atoms with van der Waals surface area (Å²) in [5.74, 6) is -0.396. The Morgan fingerprint density at radius 3 is 2.72 bits per heavy atom. The van der Waals surface area contributed by atoms with Crippen LogP contribution in [0.1, 0.15) is 11.1 Å². The third kappa shape index (κ3) is 4.85. The van der Waals surface area contributed by atoms with Gasteiger partial charge in [-0.25, -0.2) is 0 Å². The van der Waals surface area contributed by atoms with E-state index in [1.807, 2.05) is 30.3 Å². The molecule has 0 unspecified atom stereocenters. The maximum absolute atomic E-state index is 13.5. The molecule has 2 aromatic carbocycles. The molecule has 0 spiro atoms. The fourth-order valence-corrected chi connectivity index (χ4v) is 5.58. The van der Waals surface area contributed by atoms with E-state index in [0.717, 1.165) is 36.6 Å². The molecule has 1 N–H and O–H groups in total. The lowest BCUT2D eigenvalue weighted by Crippen LogP contribution is -2.61. The van der Waals surface area contributed by atoms with E-state index in [1.165, 1.54) is 6.07 Å². The first-order valence-corrected chi connectivity index (χ1v) is 12.4. The van der Waals surface area contributed by atoms with Crippen molar-refractivity contribution in [2.75, 3.05) is 68.8 Å². The second-order valence-electron chi connectivity index (χ2n) is 9.46. The number of fused-ring (bicyclic) bond motifs is 3. The molecule has 0 radical (unpaired) electrons. The number of nitro benzene ring substituents is 1. The largest absolute Gasteiger partial charge is 0.379 e. The summed E-state index contributed by atoms with van der Waals surface area (Å²) in [5, 5.41) is 24.1. The SMILES string of the molecule is N#Cc1ccccc1N1CCN2c3ccc([N+](=O)[O-])cc3C[C@@H](C(=O)NCCN3CCOCC3)[C@@H]2C1. The topological polar surface area (TPSA) is 115 Å². The molecule has 10 nitrogen and oxygen atoms in total. The van der Waals surface area contributed by atoms with Crippen molar-refractivity contribution in [1.82, 2.24) is 10.2 Å². The summed E-state index contributed by atoms with van der Waals surface area (Å²) in [6.07, 6.45) is 0.440. The molecule has 1 amide bonds. The minimum absolute atomic E-state index is 0.0363. The molecule has 2 aromatic rings. The van der Waals surface area contributed by atoms with Crippen molar-refractivity contribution in [3.05, 3.63) is 63.7 Å². The number of benzene rings is 2. The molecule has 3 aliphatic heterocycles. The molecule has 0 saturated carbocycles. The average Bonchev–Trinajstić information content (AvgIpc) is 2.92. The molecular formula is C26H30N6O4. The lowest BCUT2D eigenvalue weighted by molar-refractivity contribution is -0.384. The van der Waals surface area contributed by atoms with Crippen molar-refractivity contribution in [2.24, 2.45) is 5.92 Å². The first-order valence-electron chi connectivity index (χ1n) is 12.4. The lowest BCUT2D eigenvalue weighted by atomic mass is 9.83. The highest BCUT2D eigenvalue weighted by atomic mass is 16.6. The van der Waals surface area contributed by atoms with Crippen molar-refractivity contribution >= 4 is 23.0 Å².